The van der Waals surface area contributed by atoms with E-state index in [4.69, 9.17) is 0 Å². The van der Waals surface area contributed by atoms with E-state index in [0.717, 1.165) is 25.7 Å². The predicted molar refractivity (Wildman–Crippen MR) is 124 cm³/mol. The standard InChI is InChI=1S/C25H34F17NO/c1-3-5-7-9-11-13-15-43(16-14-12-10-8-6-4-2)17(44)18(26,27)19(28,29)20(30,31)21(32,33)22(34,35)23(36,37)24(38,39)25(40,41)42/h3-16H2,1-2H3. The Hall–Kier alpha value is -1.72. The average Bonchev–Trinajstić information content (AvgIpc) is 2.89. The molecule has 0 radical (unpaired) electrons. The molecule has 0 N–H and O–H groups in total. The van der Waals surface area contributed by atoms with Crippen molar-refractivity contribution >= 4 is 5.91 Å². The second-order valence-electron chi connectivity index (χ2n) is 10.3. The number of nitrogens with zero attached hydrogens (tertiary/aromatic N) is 1. The molecule has 0 aromatic carbocycles. The van der Waals surface area contributed by atoms with Crippen molar-refractivity contribution in [3.05, 3.63) is 0 Å². The minimum atomic E-state index is -8.72. The normalized spacial score (nSPS) is 14.7. The largest absolute Gasteiger partial charge is 0.460 e. The number of amides is 1. The lowest BCUT2D eigenvalue weighted by Crippen LogP contribution is -2.75. The fraction of sp³-hybridized carbons (Fsp3) is 0.960. The molecule has 0 saturated carbocycles. The van der Waals surface area contributed by atoms with Gasteiger partial charge >= 0.3 is 47.6 Å². The second kappa shape index (κ2) is 15.2. The number of hydrogen-bond acceptors (Lipinski definition) is 1. The summed E-state index contributed by atoms with van der Waals surface area (Å²) < 4.78 is 231. The van der Waals surface area contributed by atoms with Crippen molar-refractivity contribution in [2.75, 3.05) is 13.1 Å². The van der Waals surface area contributed by atoms with Gasteiger partial charge in [-0.05, 0) is 12.8 Å². The molecule has 0 rings (SSSR count). The summed E-state index contributed by atoms with van der Waals surface area (Å²) in [7, 11) is 0. The molecular formula is C25H34F17NO. The Morgan fingerprint density at radius 2 is 0.682 bits per heavy atom. The van der Waals surface area contributed by atoms with Crippen LogP contribution in [0.3, 0.4) is 0 Å². The molecule has 0 aliphatic heterocycles. The van der Waals surface area contributed by atoms with Gasteiger partial charge in [-0.25, -0.2) is 0 Å². The van der Waals surface area contributed by atoms with E-state index < -0.39 is 66.6 Å². The molecule has 44 heavy (non-hydrogen) atoms. The molecule has 1 amide bonds. The molecule has 0 bridgehead atoms. The van der Waals surface area contributed by atoms with Gasteiger partial charge in [-0.2, -0.15) is 74.6 Å². The molecule has 0 aliphatic carbocycles. The van der Waals surface area contributed by atoms with Crippen molar-refractivity contribution in [1.82, 2.24) is 4.90 Å². The lowest BCUT2D eigenvalue weighted by molar-refractivity contribution is -0.459. The second-order valence-corrected chi connectivity index (χ2v) is 10.3. The SMILES string of the molecule is CCCCCCCCN(CCCCCCCC)C(=O)C(F)(F)C(F)(F)C(F)(F)C(F)(F)C(F)(F)C(F)(F)C(F)(F)C(F)(F)F. The zero-order chi connectivity index (χ0) is 35.1. The molecule has 0 spiro atoms. The van der Waals surface area contributed by atoms with E-state index in [2.05, 4.69) is 0 Å². The third kappa shape index (κ3) is 8.16. The number of unbranched alkanes of at least 4 members (excludes halogenated alkanes) is 10. The number of hydrogen-bond donors (Lipinski definition) is 0. The van der Waals surface area contributed by atoms with Gasteiger partial charge in [-0.1, -0.05) is 78.1 Å². The summed E-state index contributed by atoms with van der Waals surface area (Å²) in [6.07, 6.45) is -2.74. The average molecular weight is 688 g/mol. The fourth-order valence-corrected chi connectivity index (χ4v) is 3.98. The van der Waals surface area contributed by atoms with Crippen molar-refractivity contribution in [3.63, 3.8) is 0 Å². The Morgan fingerprint density at radius 1 is 0.409 bits per heavy atom. The number of carbonyl (C=O) groups excluding carboxylic acids is 1. The number of halogens is 17. The highest BCUT2D eigenvalue weighted by Gasteiger charge is 2.95. The Bertz CT molecular complexity index is 870. The highest BCUT2D eigenvalue weighted by atomic mass is 19.4. The van der Waals surface area contributed by atoms with Crippen LogP contribution in [0, 0.1) is 0 Å². The van der Waals surface area contributed by atoms with E-state index in [1.807, 2.05) is 13.8 Å². The zero-order valence-electron chi connectivity index (χ0n) is 23.7. The molecule has 0 saturated heterocycles. The molecular weight excluding hydrogens is 653 g/mol. The minimum Gasteiger partial charge on any atom is -0.337 e. The summed E-state index contributed by atoms with van der Waals surface area (Å²) in [6.45, 7) is 2.00. The molecule has 0 atom stereocenters. The monoisotopic (exact) mass is 687 g/mol. The number of carbonyl (C=O) groups is 1. The maximum atomic E-state index is 14.6. The Balaban J connectivity index is 6.42. The molecule has 2 nitrogen and oxygen atoms in total. The number of rotatable bonds is 21. The summed E-state index contributed by atoms with van der Waals surface area (Å²) in [5.41, 5.74) is 0. The van der Waals surface area contributed by atoms with Crippen LogP contribution in [0.5, 0.6) is 0 Å². The molecule has 0 aliphatic rings. The van der Waals surface area contributed by atoms with Gasteiger partial charge in [-0.3, -0.25) is 4.79 Å². The van der Waals surface area contributed by atoms with Gasteiger partial charge in [0, 0.05) is 13.1 Å². The van der Waals surface area contributed by atoms with E-state index >= 15 is 0 Å². The number of alkyl halides is 17. The summed E-state index contributed by atoms with van der Waals surface area (Å²) in [4.78, 5) is 12.2. The van der Waals surface area contributed by atoms with Gasteiger partial charge in [0.1, 0.15) is 0 Å². The Kier molecular flexibility index (Phi) is 14.6. The molecule has 0 fully saturated rings. The van der Waals surface area contributed by atoms with E-state index in [9.17, 15) is 79.4 Å². The van der Waals surface area contributed by atoms with Gasteiger partial charge in [0.2, 0.25) is 0 Å². The first-order valence-corrected chi connectivity index (χ1v) is 13.7. The van der Waals surface area contributed by atoms with Crippen LogP contribution in [0.1, 0.15) is 90.9 Å². The molecule has 0 aromatic rings. The molecule has 19 heteroatoms. The predicted octanol–water partition coefficient (Wildman–Crippen LogP) is 10.5. The van der Waals surface area contributed by atoms with E-state index in [1.54, 1.807) is 0 Å². The zero-order valence-corrected chi connectivity index (χ0v) is 23.7. The highest BCUT2D eigenvalue weighted by Crippen LogP contribution is 2.64. The van der Waals surface area contributed by atoms with Gasteiger partial charge in [0.15, 0.2) is 0 Å². The van der Waals surface area contributed by atoms with Crippen LogP contribution in [0.2, 0.25) is 0 Å². The molecule has 264 valence electrons. The van der Waals surface area contributed by atoms with E-state index in [0.29, 0.717) is 25.7 Å². The molecule has 0 aromatic heterocycles. The topological polar surface area (TPSA) is 20.3 Å². The summed E-state index contributed by atoms with van der Waals surface area (Å²) in [6, 6.07) is 0. The van der Waals surface area contributed by atoms with E-state index in [-0.39, 0.29) is 30.6 Å². The lowest BCUT2D eigenvalue weighted by Gasteiger charge is -2.43. The smallest absolute Gasteiger partial charge is 0.337 e. The van der Waals surface area contributed by atoms with E-state index in [1.165, 1.54) is 0 Å². The fourth-order valence-electron chi connectivity index (χ4n) is 3.98. The Labute approximate surface area is 242 Å². The maximum Gasteiger partial charge on any atom is 0.460 e. The maximum absolute atomic E-state index is 14.6. The van der Waals surface area contributed by atoms with Crippen LogP contribution in [-0.4, -0.2) is 71.5 Å². The van der Waals surface area contributed by atoms with Crippen LogP contribution in [0.15, 0.2) is 0 Å². The van der Waals surface area contributed by atoms with Gasteiger partial charge in [0.25, 0.3) is 5.91 Å². The van der Waals surface area contributed by atoms with Crippen LogP contribution < -0.4 is 0 Å². The third-order valence-corrected chi connectivity index (χ3v) is 6.84. The van der Waals surface area contributed by atoms with Crippen molar-refractivity contribution < 1.29 is 79.4 Å². The first-order valence-electron chi connectivity index (χ1n) is 13.7. The van der Waals surface area contributed by atoms with Crippen molar-refractivity contribution in [2.45, 2.75) is 139 Å². The van der Waals surface area contributed by atoms with Crippen LogP contribution in [0.25, 0.3) is 0 Å². The molecule has 0 unspecified atom stereocenters. The third-order valence-electron chi connectivity index (χ3n) is 6.84. The molecule has 0 heterocycles. The van der Waals surface area contributed by atoms with Gasteiger partial charge in [-0.15, -0.1) is 0 Å². The van der Waals surface area contributed by atoms with Gasteiger partial charge < -0.3 is 4.90 Å². The van der Waals surface area contributed by atoms with Crippen molar-refractivity contribution in [3.8, 4) is 0 Å². The van der Waals surface area contributed by atoms with Crippen LogP contribution >= 0.6 is 0 Å². The summed E-state index contributed by atoms with van der Waals surface area (Å²) in [5.74, 6) is -61.1. The quantitative estimate of drug-likeness (QED) is 0.0869. The minimum absolute atomic E-state index is 0.133. The van der Waals surface area contributed by atoms with Crippen LogP contribution in [0.4, 0.5) is 74.6 Å². The van der Waals surface area contributed by atoms with Crippen molar-refractivity contribution in [1.29, 1.82) is 0 Å². The lowest BCUT2D eigenvalue weighted by atomic mass is 9.88. The van der Waals surface area contributed by atoms with Crippen LogP contribution in [-0.2, 0) is 4.79 Å². The summed E-state index contributed by atoms with van der Waals surface area (Å²) >= 11 is 0. The summed E-state index contributed by atoms with van der Waals surface area (Å²) in [5, 5.41) is 0. The first-order chi connectivity index (χ1) is 19.7. The van der Waals surface area contributed by atoms with Gasteiger partial charge in [0.05, 0.1) is 0 Å². The first kappa shape index (κ1) is 42.3. The Morgan fingerprint density at radius 3 is 1.00 bits per heavy atom. The van der Waals surface area contributed by atoms with Crippen molar-refractivity contribution in [2.24, 2.45) is 0 Å². The highest BCUT2D eigenvalue weighted by molar-refractivity contribution is 5.85.